The van der Waals surface area contributed by atoms with Gasteiger partial charge in [-0.3, -0.25) is 0 Å². The smallest absolute Gasteiger partial charge is 0.226 e. The SMILES string of the molecule is CSc1nc2n(n1)CC1=C(CCSC1)N2. The topological polar surface area (TPSA) is 42.7 Å². The number of fused-ring (bicyclic) bond motifs is 1. The largest absolute Gasteiger partial charge is 0.328 e. The van der Waals surface area contributed by atoms with Gasteiger partial charge in [-0.2, -0.15) is 16.7 Å². The van der Waals surface area contributed by atoms with E-state index >= 15 is 0 Å². The summed E-state index contributed by atoms with van der Waals surface area (Å²) in [7, 11) is 0. The fraction of sp³-hybridized carbons (Fsp3) is 0.556. The average molecular weight is 240 g/mol. The highest BCUT2D eigenvalue weighted by Gasteiger charge is 2.22. The highest BCUT2D eigenvalue weighted by atomic mass is 32.2. The van der Waals surface area contributed by atoms with E-state index in [0.29, 0.717) is 0 Å². The summed E-state index contributed by atoms with van der Waals surface area (Å²) in [5.74, 6) is 3.26. The van der Waals surface area contributed by atoms with E-state index in [1.807, 2.05) is 22.7 Å². The van der Waals surface area contributed by atoms with Crippen molar-refractivity contribution >= 4 is 29.5 Å². The zero-order valence-electron chi connectivity index (χ0n) is 8.49. The number of hydrogen-bond donors (Lipinski definition) is 1. The van der Waals surface area contributed by atoms with Gasteiger partial charge in [0.15, 0.2) is 0 Å². The van der Waals surface area contributed by atoms with Crippen molar-refractivity contribution in [3.63, 3.8) is 0 Å². The molecular weight excluding hydrogens is 228 g/mol. The van der Waals surface area contributed by atoms with E-state index in [1.54, 1.807) is 11.8 Å². The van der Waals surface area contributed by atoms with Crippen molar-refractivity contribution in [2.75, 3.05) is 23.1 Å². The molecule has 2 aliphatic rings. The van der Waals surface area contributed by atoms with Crippen molar-refractivity contribution in [2.24, 2.45) is 0 Å². The number of anilines is 1. The van der Waals surface area contributed by atoms with Crippen LogP contribution in [0.2, 0.25) is 0 Å². The Morgan fingerprint density at radius 2 is 2.47 bits per heavy atom. The minimum Gasteiger partial charge on any atom is -0.328 e. The molecule has 0 aliphatic carbocycles. The van der Waals surface area contributed by atoms with Crippen LogP contribution in [-0.4, -0.2) is 32.5 Å². The molecule has 2 aliphatic heterocycles. The van der Waals surface area contributed by atoms with Crippen molar-refractivity contribution in [3.8, 4) is 0 Å². The summed E-state index contributed by atoms with van der Waals surface area (Å²) in [6.07, 6.45) is 3.14. The highest BCUT2D eigenvalue weighted by Crippen LogP contribution is 2.30. The molecule has 0 fully saturated rings. The van der Waals surface area contributed by atoms with Gasteiger partial charge in [0.25, 0.3) is 0 Å². The fourth-order valence-corrected chi connectivity index (χ4v) is 3.21. The van der Waals surface area contributed by atoms with Gasteiger partial charge in [-0.05, 0) is 24.0 Å². The second-order valence-electron chi connectivity index (χ2n) is 3.59. The molecule has 4 nitrogen and oxygen atoms in total. The first-order chi connectivity index (χ1) is 7.36. The van der Waals surface area contributed by atoms with Crippen molar-refractivity contribution in [1.82, 2.24) is 14.8 Å². The molecule has 0 amide bonds. The maximum Gasteiger partial charge on any atom is 0.226 e. The lowest BCUT2D eigenvalue weighted by Crippen LogP contribution is -2.23. The monoisotopic (exact) mass is 240 g/mol. The molecule has 0 atom stereocenters. The molecule has 6 heteroatoms. The zero-order valence-corrected chi connectivity index (χ0v) is 10.1. The molecule has 3 rings (SSSR count). The number of hydrogen-bond acceptors (Lipinski definition) is 5. The Morgan fingerprint density at radius 1 is 1.53 bits per heavy atom. The Morgan fingerprint density at radius 3 is 3.33 bits per heavy atom. The molecule has 80 valence electrons. The fourth-order valence-electron chi connectivity index (χ4n) is 1.85. The van der Waals surface area contributed by atoms with Gasteiger partial charge in [0.1, 0.15) is 0 Å². The maximum atomic E-state index is 4.42. The summed E-state index contributed by atoms with van der Waals surface area (Å²) >= 11 is 3.59. The van der Waals surface area contributed by atoms with E-state index < -0.39 is 0 Å². The molecule has 0 bridgehead atoms. The maximum absolute atomic E-state index is 4.42. The first-order valence-electron chi connectivity index (χ1n) is 4.91. The van der Waals surface area contributed by atoms with E-state index in [4.69, 9.17) is 0 Å². The zero-order chi connectivity index (χ0) is 10.3. The lowest BCUT2D eigenvalue weighted by molar-refractivity contribution is 0.642. The first kappa shape index (κ1) is 9.59. The van der Waals surface area contributed by atoms with Gasteiger partial charge in [0.05, 0.1) is 6.54 Å². The molecule has 3 heterocycles. The Labute approximate surface area is 96.9 Å². The van der Waals surface area contributed by atoms with E-state index in [0.717, 1.165) is 29.8 Å². The third kappa shape index (κ3) is 1.65. The van der Waals surface area contributed by atoms with E-state index in [-0.39, 0.29) is 0 Å². The van der Waals surface area contributed by atoms with Crippen LogP contribution in [0.5, 0.6) is 0 Å². The molecule has 1 aromatic heterocycles. The molecule has 0 saturated carbocycles. The van der Waals surface area contributed by atoms with Crippen LogP contribution >= 0.6 is 23.5 Å². The van der Waals surface area contributed by atoms with Gasteiger partial charge < -0.3 is 5.32 Å². The second-order valence-corrected chi connectivity index (χ2v) is 5.47. The molecule has 15 heavy (non-hydrogen) atoms. The normalized spacial score (nSPS) is 19.5. The first-order valence-corrected chi connectivity index (χ1v) is 7.29. The summed E-state index contributed by atoms with van der Waals surface area (Å²) in [6, 6.07) is 0. The average Bonchev–Trinajstić information content (AvgIpc) is 2.67. The number of rotatable bonds is 1. The van der Waals surface area contributed by atoms with Gasteiger partial charge >= 0.3 is 0 Å². The van der Waals surface area contributed by atoms with Crippen molar-refractivity contribution in [2.45, 2.75) is 18.1 Å². The number of nitrogens with one attached hydrogen (secondary N) is 1. The quantitative estimate of drug-likeness (QED) is 0.758. The molecule has 1 aromatic rings. The highest BCUT2D eigenvalue weighted by molar-refractivity contribution is 7.99. The van der Waals surface area contributed by atoms with Crippen LogP contribution in [0.4, 0.5) is 5.95 Å². The van der Waals surface area contributed by atoms with Crippen LogP contribution in [0.15, 0.2) is 16.4 Å². The summed E-state index contributed by atoms with van der Waals surface area (Å²) in [6.45, 7) is 0.915. The van der Waals surface area contributed by atoms with Crippen molar-refractivity contribution in [1.29, 1.82) is 0 Å². The van der Waals surface area contributed by atoms with Gasteiger partial charge in [0, 0.05) is 11.4 Å². The molecule has 0 spiro atoms. The minimum absolute atomic E-state index is 0.852. The Bertz CT molecular complexity index is 388. The summed E-state index contributed by atoms with van der Waals surface area (Å²) in [5.41, 5.74) is 2.86. The van der Waals surface area contributed by atoms with Crippen LogP contribution in [0.25, 0.3) is 0 Å². The van der Waals surface area contributed by atoms with E-state index in [9.17, 15) is 0 Å². The minimum atomic E-state index is 0.852. The predicted molar refractivity (Wildman–Crippen MR) is 64.4 cm³/mol. The van der Waals surface area contributed by atoms with Crippen molar-refractivity contribution in [3.05, 3.63) is 11.3 Å². The van der Waals surface area contributed by atoms with Gasteiger partial charge in [-0.15, -0.1) is 5.10 Å². The Balaban J connectivity index is 1.93. The number of thioether (sulfide) groups is 2. The second kappa shape index (κ2) is 3.75. The standard InChI is InChI=1S/C9H12N4S2/c1-14-9-11-8-10-7-2-3-15-5-6(7)4-13(8)12-9/h2-5H2,1H3,(H,10,11,12). The van der Waals surface area contributed by atoms with Crippen LogP contribution in [0, 0.1) is 0 Å². The summed E-state index contributed by atoms with van der Waals surface area (Å²) in [4.78, 5) is 4.42. The third-order valence-electron chi connectivity index (χ3n) is 2.64. The lowest BCUT2D eigenvalue weighted by atomic mass is 10.1. The van der Waals surface area contributed by atoms with E-state index in [2.05, 4.69) is 15.4 Å². The van der Waals surface area contributed by atoms with Gasteiger partial charge in [-0.25, -0.2) is 4.68 Å². The van der Waals surface area contributed by atoms with Crippen LogP contribution in [0.3, 0.4) is 0 Å². The molecule has 0 unspecified atom stereocenters. The van der Waals surface area contributed by atoms with Crippen LogP contribution < -0.4 is 5.32 Å². The lowest BCUT2D eigenvalue weighted by Gasteiger charge is -2.25. The Hall–Kier alpha value is -0.620. The number of nitrogens with zero attached hydrogens (tertiary/aromatic N) is 3. The third-order valence-corrected chi connectivity index (χ3v) is 4.22. The Kier molecular flexibility index (Phi) is 2.40. The van der Waals surface area contributed by atoms with E-state index in [1.165, 1.54) is 17.0 Å². The summed E-state index contributed by atoms with van der Waals surface area (Å²) < 4.78 is 1.97. The molecule has 0 aromatic carbocycles. The number of aromatic nitrogens is 3. The predicted octanol–water partition coefficient (Wildman–Crippen LogP) is 1.82. The van der Waals surface area contributed by atoms with Crippen LogP contribution in [0.1, 0.15) is 6.42 Å². The van der Waals surface area contributed by atoms with Crippen LogP contribution in [-0.2, 0) is 6.54 Å². The van der Waals surface area contributed by atoms with Crippen molar-refractivity contribution < 1.29 is 0 Å². The van der Waals surface area contributed by atoms with Gasteiger partial charge in [-0.1, -0.05) is 11.8 Å². The van der Waals surface area contributed by atoms with Gasteiger partial charge in [0.2, 0.25) is 11.1 Å². The molecular formula is C9H12N4S2. The molecule has 1 N–H and O–H groups in total. The summed E-state index contributed by atoms with van der Waals surface area (Å²) in [5, 5.41) is 8.67. The number of allylic oxidation sites excluding steroid dienone is 1. The molecule has 0 radical (unpaired) electrons. The molecule has 0 saturated heterocycles.